The summed E-state index contributed by atoms with van der Waals surface area (Å²) in [5.74, 6) is 1.01. The van der Waals surface area contributed by atoms with Crippen molar-refractivity contribution in [2.24, 2.45) is 0 Å². The van der Waals surface area contributed by atoms with Crippen molar-refractivity contribution in [1.29, 1.82) is 0 Å². The average Bonchev–Trinajstić information content (AvgIpc) is 2.70. The SMILES string of the molecule is CCOc1ccc(Nc2ncc(C(=O)NCCc3cccc(Cl)c3)cn2)cc1. The third-order valence-electron chi connectivity index (χ3n) is 3.92. The van der Waals surface area contributed by atoms with Gasteiger partial charge in [0, 0.05) is 29.6 Å². The summed E-state index contributed by atoms with van der Waals surface area (Å²) in [7, 11) is 0. The fourth-order valence-corrected chi connectivity index (χ4v) is 2.77. The van der Waals surface area contributed by atoms with Crippen molar-refractivity contribution in [3.8, 4) is 5.75 Å². The van der Waals surface area contributed by atoms with Gasteiger partial charge in [0.2, 0.25) is 5.95 Å². The molecule has 2 aromatic carbocycles. The molecule has 2 N–H and O–H groups in total. The number of ether oxygens (including phenoxy) is 1. The zero-order valence-electron chi connectivity index (χ0n) is 15.5. The largest absolute Gasteiger partial charge is 0.494 e. The molecule has 1 heterocycles. The van der Waals surface area contributed by atoms with E-state index in [1.165, 1.54) is 12.4 Å². The number of hydrogen-bond acceptors (Lipinski definition) is 5. The molecular weight excluding hydrogens is 376 g/mol. The molecule has 0 saturated heterocycles. The van der Waals surface area contributed by atoms with Crippen molar-refractivity contribution in [1.82, 2.24) is 15.3 Å². The third kappa shape index (κ3) is 5.69. The maximum atomic E-state index is 12.2. The molecule has 0 aliphatic carbocycles. The van der Waals surface area contributed by atoms with Crippen LogP contribution in [0.15, 0.2) is 60.9 Å². The summed E-state index contributed by atoms with van der Waals surface area (Å²) in [6.45, 7) is 3.07. The first kappa shape index (κ1) is 19.6. The second-order valence-corrected chi connectivity index (χ2v) is 6.45. The van der Waals surface area contributed by atoms with Crippen LogP contribution in [0.25, 0.3) is 0 Å². The zero-order chi connectivity index (χ0) is 19.8. The molecule has 7 heteroatoms. The van der Waals surface area contributed by atoms with Crippen LogP contribution in [0.3, 0.4) is 0 Å². The number of nitrogens with one attached hydrogen (secondary N) is 2. The maximum absolute atomic E-state index is 12.2. The summed E-state index contributed by atoms with van der Waals surface area (Å²) in [4.78, 5) is 20.6. The minimum absolute atomic E-state index is 0.213. The molecule has 28 heavy (non-hydrogen) atoms. The average molecular weight is 397 g/mol. The second kappa shape index (κ2) is 9.71. The lowest BCUT2D eigenvalue weighted by atomic mass is 10.1. The van der Waals surface area contributed by atoms with Crippen molar-refractivity contribution >= 4 is 29.1 Å². The van der Waals surface area contributed by atoms with Gasteiger partial charge in [-0.3, -0.25) is 4.79 Å². The van der Waals surface area contributed by atoms with E-state index < -0.39 is 0 Å². The van der Waals surface area contributed by atoms with Gasteiger partial charge in [0.05, 0.1) is 12.2 Å². The number of carbonyl (C=O) groups excluding carboxylic acids is 1. The van der Waals surface area contributed by atoms with Crippen LogP contribution in [0.1, 0.15) is 22.8 Å². The number of nitrogens with zero attached hydrogens (tertiary/aromatic N) is 2. The van der Waals surface area contributed by atoms with E-state index in [1.807, 2.05) is 55.5 Å². The van der Waals surface area contributed by atoms with Gasteiger partial charge >= 0.3 is 0 Å². The predicted molar refractivity (Wildman–Crippen MR) is 110 cm³/mol. The highest BCUT2D eigenvalue weighted by atomic mass is 35.5. The van der Waals surface area contributed by atoms with Gasteiger partial charge in [-0.1, -0.05) is 23.7 Å². The van der Waals surface area contributed by atoms with E-state index in [4.69, 9.17) is 16.3 Å². The molecule has 3 aromatic rings. The van der Waals surface area contributed by atoms with Crippen LogP contribution in [0.2, 0.25) is 5.02 Å². The quantitative estimate of drug-likeness (QED) is 0.595. The first-order valence-electron chi connectivity index (χ1n) is 8.98. The molecule has 6 nitrogen and oxygen atoms in total. The Bertz CT molecular complexity index is 914. The number of rotatable bonds is 8. The van der Waals surface area contributed by atoms with Gasteiger partial charge < -0.3 is 15.4 Å². The molecule has 0 saturated carbocycles. The molecule has 0 atom stereocenters. The first-order chi connectivity index (χ1) is 13.6. The Morgan fingerprint density at radius 3 is 2.54 bits per heavy atom. The summed E-state index contributed by atoms with van der Waals surface area (Å²) >= 11 is 5.96. The Morgan fingerprint density at radius 2 is 1.86 bits per heavy atom. The highest BCUT2D eigenvalue weighted by molar-refractivity contribution is 6.30. The lowest BCUT2D eigenvalue weighted by molar-refractivity contribution is 0.0953. The number of amides is 1. The number of anilines is 2. The molecule has 144 valence electrons. The summed E-state index contributed by atoms with van der Waals surface area (Å²) in [5, 5.41) is 6.63. The number of carbonyl (C=O) groups is 1. The predicted octanol–water partition coefficient (Wildman–Crippen LogP) is 4.24. The van der Waals surface area contributed by atoms with Crippen LogP contribution in [-0.4, -0.2) is 29.0 Å². The van der Waals surface area contributed by atoms with Crippen LogP contribution >= 0.6 is 11.6 Å². The van der Waals surface area contributed by atoms with E-state index in [-0.39, 0.29) is 5.91 Å². The number of hydrogen-bond donors (Lipinski definition) is 2. The van der Waals surface area contributed by atoms with Crippen molar-refractivity contribution in [3.05, 3.63) is 77.1 Å². The molecule has 1 amide bonds. The van der Waals surface area contributed by atoms with Gasteiger partial charge in [0.15, 0.2) is 0 Å². The van der Waals surface area contributed by atoms with Gasteiger partial charge in [-0.05, 0) is 55.3 Å². The third-order valence-corrected chi connectivity index (χ3v) is 4.16. The topological polar surface area (TPSA) is 76.1 Å². The van der Waals surface area contributed by atoms with E-state index in [0.717, 1.165) is 17.0 Å². The van der Waals surface area contributed by atoms with E-state index >= 15 is 0 Å². The lowest BCUT2D eigenvalue weighted by Crippen LogP contribution is -2.26. The van der Waals surface area contributed by atoms with Crippen LogP contribution in [0.5, 0.6) is 5.75 Å². The van der Waals surface area contributed by atoms with Gasteiger partial charge in [-0.25, -0.2) is 9.97 Å². The summed E-state index contributed by atoms with van der Waals surface area (Å²) in [6, 6.07) is 15.1. The highest BCUT2D eigenvalue weighted by Crippen LogP contribution is 2.18. The van der Waals surface area contributed by atoms with Crippen LogP contribution in [0.4, 0.5) is 11.6 Å². The monoisotopic (exact) mass is 396 g/mol. The van der Waals surface area contributed by atoms with Crippen molar-refractivity contribution in [2.45, 2.75) is 13.3 Å². The highest BCUT2D eigenvalue weighted by Gasteiger charge is 2.07. The Hall–Kier alpha value is -3.12. The fourth-order valence-electron chi connectivity index (χ4n) is 2.56. The van der Waals surface area contributed by atoms with Gasteiger partial charge in [-0.2, -0.15) is 0 Å². The molecule has 0 spiro atoms. The Morgan fingerprint density at radius 1 is 1.11 bits per heavy atom. The number of aromatic nitrogens is 2. The first-order valence-corrected chi connectivity index (χ1v) is 9.36. The standard InChI is InChI=1S/C21H21ClN4O2/c1-2-28-19-8-6-18(7-9-19)26-21-24-13-16(14-25-21)20(27)23-11-10-15-4-3-5-17(22)12-15/h3-9,12-14H,2,10-11H2,1H3,(H,23,27)(H,24,25,26). The number of halogens is 1. The molecule has 1 aromatic heterocycles. The van der Waals surface area contributed by atoms with Gasteiger partial charge in [0.25, 0.3) is 5.91 Å². The molecular formula is C21H21ClN4O2. The van der Waals surface area contributed by atoms with E-state index in [9.17, 15) is 4.79 Å². The maximum Gasteiger partial charge on any atom is 0.254 e. The molecule has 0 unspecified atom stereocenters. The van der Waals surface area contributed by atoms with Crippen molar-refractivity contribution in [3.63, 3.8) is 0 Å². The Labute approximate surface area is 168 Å². The van der Waals surface area contributed by atoms with E-state index in [1.54, 1.807) is 0 Å². The van der Waals surface area contributed by atoms with Crippen LogP contribution in [-0.2, 0) is 6.42 Å². The molecule has 0 aliphatic rings. The Balaban J connectivity index is 1.50. The fraction of sp³-hybridized carbons (Fsp3) is 0.190. The second-order valence-electron chi connectivity index (χ2n) is 6.01. The molecule has 3 rings (SSSR count). The van der Waals surface area contributed by atoms with Crippen LogP contribution < -0.4 is 15.4 Å². The van der Waals surface area contributed by atoms with Crippen molar-refractivity contribution in [2.75, 3.05) is 18.5 Å². The summed E-state index contributed by atoms with van der Waals surface area (Å²) in [5.41, 5.74) is 2.31. The van der Waals surface area contributed by atoms with Crippen LogP contribution in [0, 0.1) is 0 Å². The molecule has 0 aliphatic heterocycles. The Kier molecular flexibility index (Phi) is 6.81. The van der Waals surface area contributed by atoms with E-state index in [2.05, 4.69) is 20.6 Å². The van der Waals surface area contributed by atoms with Crippen molar-refractivity contribution < 1.29 is 9.53 Å². The number of benzene rings is 2. The van der Waals surface area contributed by atoms with E-state index in [0.29, 0.717) is 36.1 Å². The summed E-state index contributed by atoms with van der Waals surface area (Å²) in [6.07, 6.45) is 3.70. The smallest absolute Gasteiger partial charge is 0.254 e. The minimum atomic E-state index is -0.213. The molecule has 0 bridgehead atoms. The summed E-state index contributed by atoms with van der Waals surface area (Å²) < 4.78 is 5.41. The van der Waals surface area contributed by atoms with Gasteiger partial charge in [0.1, 0.15) is 5.75 Å². The van der Waals surface area contributed by atoms with Gasteiger partial charge in [-0.15, -0.1) is 0 Å². The lowest BCUT2D eigenvalue weighted by Gasteiger charge is -2.08. The zero-order valence-corrected chi connectivity index (χ0v) is 16.2. The molecule has 0 fully saturated rings. The molecule has 0 radical (unpaired) electrons. The normalized spacial score (nSPS) is 10.4. The minimum Gasteiger partial charge on any atom is -0.494 e.